The number of hydrogen-bond donors (Lipinski definition) is 0. The van der Waals surface area contributed by atoms with Crippen LogP contribution >= 0.6 is 27.3 Å². The Morgan fingerprint density at radius 1 is 1.15 bits per heavy atom. The van der Waals surface area contributed by atoms with Gasteiger partial charge < -0.3 is 4.74 Å². The van der Waals surface area contributed by atoms with Gasteiger partial charge in [-0.25, -0.2) is 0 Å². The van der Waals surface area contributed by atoms with Gasteiger partial charge in [0.2, 0.25) is 0 Å². The second kappa shape index (κ2) is 7.64. The van der Waals surface area contributed by atoms with Crippen LogP contribution in [0.3, 0.4) is 0 Å². The lowest BCUT2D eigenvalue weighted by Crippen LogP contribution is -2.17. The minimum Gasteiger partial charge on any atom is -0.494 e. The molecule has 0 saturated heterocycles. The number of halogens is 1. The molecule has 0 spiro atoms. The van der Waals surface area contributed by atoms with Crippen LogP contribution in [0.5, 0.6) is 5.75 Å². The molecule has 2 aromatic carbocycles. The quantitative estimate of drug-likeness (QED) is 0.480. The second-order valence-corrected chi connectivity index (χ2v) is 7.96. The minimum atomic E-state index is 0.228. The Labute approximate surface area is 166 Å². The molecule has 0 saturated carbocycles. The van der Waals surface area contributed by atoms with Crippen LogP contribution in [0, 0.1) is 0 Å². The van der Waals surface area contributed by atoms with E-state index in [1.54, 1.807) is 11.3 Å². The summed E-state index contributed by atoms with van der Waals surface area (Å²) in [6.45, 7) is 2.67. The smallest absolute Gasteiger partial charge is 0.119 e. The first-order valence-corrected chi connectivity index (χ1v) is 10.3. The van der Waals surface area contributed by atoms with Gasteiger partial charge in [0.25, 0.3) is 0 Å². The highest BCUT2D eigenvalue weighted by atomic mass is 79.9. The maximum atomic E-state index is 5.55. The molecule has 3 nitrogen and oxygen atoms in total. The van der Waals surface area contributed by atoms with Crippen molar-refractivity contribution >= 4 is 38.7 Å². The Morgan fingerprint density at radius 3 is 2.69 bits per heavy atom. The Hall–Kier alpha value is -2.11. The summed E-state index contributed by atoms with van der Waals surface area (Å²) in [7, 11) is 0. The number of ether oxygens (including phenoxy) is 1. The van der Waals surface area contributed by atoms with Crippen LogP contribution < -0.4 is 9.75 Å². The first-order chi connectivity index (χ1) is 12.7. The molecule has 0 radical (unpaired) electrons. The minimum absolute atomic E-state index is 0.228. The zero-order valence-corrected chi connectivity index (χ0v) is 16.8. The summed E-state index contributed by atoms with van der Waals surface area (Å²) >= 11 is 5.36. The monoisotopic (exact) mass is 426 g/mol. The van der Waals surface area contributed by atoms with Crippen LogP contribution in [0.25, 0.3) is 0 Å². The van der Waals surface area contributed by atoms with Crippen molar-refractivity contribution in [3.05, 3.63) is 81.0 Å². The van der Waals surface area contributed by atoms with Crippen molar-refractivity contribution in [3.8, 4) is 5.75 Å². The van der Waals surface area contributed by atoms with E-state index in [0.29, 0.717) is 6.61 Å². The number of anilines is 1. The van der Waals surface area contributed by atoms with Gasteiger partial charge in [0.05, 0.1) is 24.0 Å². The van der Waals surface area contributed by atoms with E-state index in [2.05, 4.69) is 68.8 Å². The van der Waals surface area contributed by atoms with Gasteiger partial charge in [0, 0.05) is 15.8 Å². The van der Waals surface area contributed by atoms with E-state index in [9.17, 15) is 0 Å². The lowest BCUT2D eigenvalue weighted by atomic mass is 10.0. The number of hydrogen-bond acceptors (Lipinski definition) is 4. The van der Waals surface area contributed by atoms with Crippen molar-refractivity contribution in [2.75, 3.05) is 11.6 Å². The normalized spacial score (nSPS) is 16.6. The molecule has 4 rings (SSSR count). The summed E-state index contributed by atoms with van der Waals surface area (Å²) < 4.78 is 6.61. The van der Waals surface area contributed by atoms with Crippen LogP contribution in [0.4, 0.5) is 5.69 Å². The van der Waals surface area contributed by atoms with Crippen LogP contribution in [0.15, 0.2) is 75.6 Å². The summed E-state index contributed by atoms with van der Waals surface area (Å²) in [6, 6.07) is 21.1. The fourth-order valence-corrected chi connectivity index (χ4v) is 4.35. The summed E-state index contributed by atoms with van der Waals surface area (Å²) in [5.41, 5.74) is 3.35. The van der Waals surface area contributed by atoms with E-state index >= 15 is 0 Å². The van der Waals surface area contributed by atoms with Gasteiger partial charge >= 0.3 is 0 Å². The van der Waals surface area contributed by atoms with Crippen molar-refractivity contribution in [3.63, 3.8) is 0 Å². The van der Waals surface area contributed by atoms with Crippen LogP contribution in [0.1, 0.15) is 29.8 Å². The molecule has 5 heteroatoms. The lowest BCUT2D eigenvalue weighted by molar-refractivity contribution is 0.340. The largest absolute Gasteiger partial charge is 0.494 e. The molecule has 0 aliphatic carbocycles. The molecule has 2 heterocycles. The molecule has 26 heavy (non-hydrogen) atoms. The summed E-state index contributed by atoms with van der Waals surface area (Å²) in [6.07, 6.45) is 0.890. The topological polar surface area (TPSA) is 24.8 Å². The summed E-state index contributed by atoms with van der Waals surface area (Å²) in [4.78, 5) is 1.33. The number of nitrogens with zero attached hydrogens (tertiary/aromatic N) is 2. The van der Waals surface area contributed by atoms with E-state index in [1.807, 2.05) is 25.1 Å². The van der Waals surface area contributed by atoms with Crippen molar-refractivity contribution in [2.45, 2.75) is 19.4 Å². The molecule has 1 atom stereocenters. The molecule has 0 fully saturated rings. The Kier molecular flexibility index (Phi) is 5.09. The van der Waals surface area contributed by atoms with Crippen molar-refractivity contribution < 1.29 is 4.74 Å². The first kappa shape index (κ1) is 17.3. The van der Waals surface area contributed by atoms with Crippen LogP contribution in [-0.4, -0.2) is 12.3 Å². The van der Waals surface area contributed by atoms with Gasteiger partial charge in [0.15, 0.2) is 0 Å². The van der Waals surface area contributed by atoms with E-state index in [-0.39, 0.29) is 6.04 Å². The first-order valence-electron chi connectivity index (χ1n) is 8.63. The highest BCUT2D eigenvalue weighted by Gasteiger charge is 2.30. The van der Waals surface area contributed by atoms with Crippen molar-refractivity contribution in [2.24, 2.45) is 5.10 Å². The molecule has 1 aromatic heterocycles. The lowest BCUT2D eigenvalue weighted by Gasteiger charge is -2.22. The maximum absolute atomic E-state index is 5.55. The molecule has 0 unspecified atom stereocenters. The van der Waals surface area contributed by atoms with Crippen molar-refractivity contribution in [1.82, 2.24) is 0 Å². The third kappa shape index (κ3) is 3.55. The van der Waals surface area contributed by atoms with Gasteiger partial charge in [-0.3, -0.25) is 5.01 Å². The molecule has 0 amide bonds. The van der Waals surface area contributed by atoms with Crippen molar-refractivity contribution in [1.29, 1.82) is 0 Å². The van der Waals surface area contributed by atoms with Gasteiger partial charge in [-0.1, -0.05) is 28.1 Å². The Bertz CT molecular complexity index is 906. The average molecular weight is 427 g/mol. The molecular weight excluding hydrogens is 408 g/mol. The number of rotatable bonds is 5. The second-order valence-electron chi connectivity index (χ2n) is 6.06. The standard InChI is InChI=1S/C21H19BrN2OS/c1-2-25-18-10-8-15(9-11-18)19-14-20(21-7-4-12-26-21)24(23-19)17-6-3-5-16(22)13-17/h3-13,20H,2,14H2,1H3/t20-/m1/s1. The molecule has 0 bridgehead atoms. The fraction of sp³-hybridized carbons (Fsp3) is 0.190. The molecule has 1 aliphatic heterocycles. The number of hydrazone groups is 1. The van der Waals surface area contributed by atoms with Gasteiger partial charge in [-0.15, -0.1) is 11.3 Å². The predicted octanol–water partition coefficient (Wildman–Crippen LogP) is 6.27. The Balaban J connectivity index is 1.68. The van der Waals surface area contributed by atoms with E-state index in [1.165, 1.54) is 4.88 Å². The summed E-state index contributed by atoms with van der Waals surface area (Å²) in [5.74, 6) is 0.897. The van der Waals surface area contributed by atoms with Crippen LogP contribution in [0.2, 0.25) is 0 Å². The third-order valence-corrected chi connectivity index (χ3v) is 5.82. The average Bonchev–Trinajstić information content (AvgIpc) is 3.32. The molecule has 1 aliphatic rings. The molecule has 3 aromatic rings. The maximum Gasteiger partial charge on any atom is 0.119 e. The molecule has 0 N–H and O–H groups in total. The van der Waals surface area contributed by atoms with E-state index < -0.39 is 0 Å². The SMILES string of the molecule is CCOc1ccc(C2=NN(c3cccc(Br)c3)[C@@H](c3cccs3)C2)cc1. The summed E-state index contributed by atoms with van der Waals surface area (Å²) in [5, 5.41) is 9.25. The van der Waals surface area contributed by atoms with E-state index in [0.717, 1.165) is 33.6 Å². The van der Waals surface area contributed by atoms with Crippen LogP contribution in [-0.2, 0) is 0 Å². The zero-order valence-electron chi connectivity index (χ0n) is 14.4. The predicted molar refractivity (Wildman–Crippen MR) is 112 cm³/mol. The Morgan fingerprint density at radius 2 is 2.00 bits per heavy atom. The van der Waals surface area contributed by atoms with Gasteiger partial charge in [-0.2, -0.15) is 5.10 Å². The van der Waals surface area contributed by atoms with Gasteiger partial charge in [0.1, 0.15) is 5.75 Å². The zero-order chi connectivity index (χ0) is 17.9. The van der Waals surface area contributed by atoms with E-state index in [4.69, 9.17) is 9.84 Å². The fourth-order valence-electron chi connectivity index (χ4n) is 3.15. The van der Waals surface area contributed by atoms with Gasteiger partial charge in [-0.05, 0) is 66.4 Å². The number of thiophene rings is 1. The molecular formula is C21H19BrN2OS. The third-order valence-electron chi connectivity index (χ3n) is 4.35. The highest BCUT2D eigenvalue weighted by molar-refractivity contribution is 9.10. The highest BCUT2D eigenvalue weighted by Crippen LogP contribution is 2.39. The number of benzene rings is 2. The molecule has 132 valence electrons.